The van der Waals surface area contributed by atoms with Crippen LogP contribution in [0.5, 0.6) is 0 Å². The lowest BCUT2D eigenvalue weighted by Crippen LogP contribution is -2.06. The van der Waals surface area contributed by atoms with E-state index in [1.54, 1.807) is 0 Å². The lowest BCUT2D eigenvalue weighted by Gasteiger charge is -2.09. The van der Waals surface area contributed by atoms with Crippen LogP contribution in [0, 0.1) is 13.8 Å². The molecule has 0 aliphatic rings. The Morgan fingerprint density at radius 2 is 2.10 bits per heavy atom. The van der Waals surface area contributed by atoms with E-state index in [-0.39, 0.29) is 6.61 Å². The van der Waals surface area contributed by atoms with Crippen LogP contribution in [0.25, 0.3) is 5.78 Å². The van der Waals surface area contributed by atoms with Gasteiger partial charge in [0.05, 0.1) is 25.0 Å². The number of hydrogen-bond donors (Lipinski definition) is 2. The first-order valence-corrected chi connectivity index (χ1v) is 6.91. The van der Waals surface area contributed by atoms with E-state index >= 15 is 0 Å². The number of aliphatic hydroxyl groups excluding tert-OH is 1. The minimum atomic E-state index is 0.0490. The molecule has 5 nitrogen and oxygen atoms in total. The molecule has 0 radical (unpaired) electrons. The Bertz CT molecular complexity index is 779. The van der Waals surface area contributed by atoms with Crippen molar-refractivity contribution in [2.75, 3.05) is 5.32 Å². The Morgan fingerprint density at radius 3 is 2.90 bits per heavy atom. The van der Waals surface area contributed by atoms with Crippen molar-refractivity contribution >= 4 is 11.5 Å². The lowest BCUT2D eigenvalue weighted by molar-refractivity contribution is 0.282. The molecule has 0 unspecified atom stereocenters. The van der Waals surface area contributed by atoms with Crippen molar-refractivity contribution in [1.29, 1.82) is 0 Å². The van der Waals surface area contributed by atoms with E-state index in [1.165, 1.54) is 0 Å². The molecule has 0 spiro atoms. The van der Waals surface area contributed by atoms with Gasteiger partial charge in [-0.1, -0.05) is 12.1 Å². The van der Waals surface area contributed by atoms with Crippen LogP contribution in [-0.2, 0) is 13.2 Å². The molecule has 0 aliphatic heterocycles. The molecule has 2 N–H and O–H groups in total. The Labute approximate surface area is 123 Å². The zero-order valence-corrected chi connectivity index (χ0v) is 12.2. The average Bonchev–Trinajstić information content (AvgIpc) is 2.88. The van der Waals surface area contributed by atoms with Crippen molar-refractivity contribution < 1.29 is 5.11 Å². The quantitative estimate of drug-likeness (QED) is 0.771. The number of hydrogen-bond acceptors (Lipinski definition) is 4. The second-order valence-electron chi connectivity index (χ2n) is 5.14. The second kappa shape index (κ2) is 5.54. The fourth-order valence-electron chi connectivity index (χ4n) is 2.49. The third-order valence-electron chi connectivity index (χ3n) is 3.45. The standard InChI is InChI=1S/C16H18N4O/c1-11-6-12(2)20-15(9-18-16(20)19-11)8-17-14-5-3-4-13(7-14)10-21/h3-7,9,17,21H,8,10H2,1-2H3. The molecular formula is C16H18N4O. The molecule has 0 saturated carbocycles. The summed E-state index contributed by atoms with van der Waals surface area (Å²) >= 11 is 0. The van der Waals surface area contributed by atoms with E-state index in [0.717, 1.165) is 34.1 Å². The minimum Gasteiger partial charge on any atom is -0.392 e. The predicted molar refractivity (Wildman–Crippen MR) is 82.2 cm³/mol. The van der Waals surface area contributed by atoms with Crippen molar-refractivity contribution in [3.63, 3.8) is 0 Å². The molecule has 0 fully saturated rings. The average molecular weight is 282 g/mol. The molecule has 21 heavy (non-hydrogen) atoms. The SMILES string of the molecule is Cc1cc(C)n2c(CNc3cccc(CO)c3)cnc2n1. The summed E-state index contributed by atoms with van der Waals surface area (Å²) < 4.78 is 2.05. The molecule has 0 aliphatic carbocycles. The Hall–Kier alpha value is -2.40. The van der Waals surface area contributed by atoms with Gasteiger partial charge < -0.3 is 10.4 Å². The predicted octanol–water partition coefficient (Wildman–Crippen LogP) is 2.45. The third-order valence-corrected chi connectivity index (χ3v) is 3.45. The van der Waals surface area contributed by atoms with Gasteiger partial charge in [0.1, 0.15) is 0 Å². The van der Waals surface area contributed by atoms with Gasteiger partial charge in [0.2, 0.25) is 5.78 Å². The monoisotopic (exact) mass is 282 g/mol. The van der Waals surface area contributed by atoms with Crippen LogP contribution in [0.4, 0.5) is 5.69 Å². The van der Waals surface area contributed by atoms with Gasteiger partial charge in [-0.15, -0.1) is 0 Å². The largest absolute Gasteiger partial charge is 0.392 e. The molecule has 2 heterocycles. The van der Waals surface area contributed by atoms with Gasteiger partial charge in [-0.25, -0.2) is 9.97 Å². The minimum absolute atomic E-state index is 0.0490. The van der Waals surface area contributed by atoms with Crippen LogP contribution in [0.1, 0.15) is 22.6 Å². The molecular weight excluding hydrogens is 264 g/mol. The maximum absolute atomic E-state index is 9.17. The number of aromatic nitrogens is 3. The number of aryl methyl sites for hydroxylation is 2. The highest BCUT2D eigenvalue weighted by molar-refractivity contribution is 5.46. The summed E-state index contributed by atoms with van der Waals surface area (Å²) in [5.41, 5.74) is 5.03. The van der Waals surface area contributed by atoms with Gasteiger partial charge in [0.15, 0.2) is 0 Å². The number of imidazole rings is 1. The van der Waals surface area contributed by atoms with Crippen molar-refractivity contribution in [2.45, 2.75) is 27.0 Å². The van der Waals surface area contributed by atoms with Gasteiger partial charge in [0, 0.05) is 17.1 Å². The normalized spacial score (nSPS) is 11.0. The van der Waals surface area contributed by atoms with E-state index in [0.29, 0.717) is 6.54 Å². The van der Waals surface area contributed by atoms with Gasteiger partial charge in [-0.3, -0.25) is 4.40 Å². The van der Waals surface area contributed by atoms with E-state index in [1.807, 2.05) is 43.5 Å². The number of aliphatic hydroxyl groups is 1. The molecule has 5 heteroatoms. The van der Waals surface area contributed by atoms with Gasteiger partial charge in [-0.05, 0) is 37.6 Å². The summed E-state index contributed by atoms with van der Waals surface area (Å²) in [5, 5.41) is 12.5. The highest BCUT2D eigenvalue weighted by Gasteiger charge is 2.07. The fraction of sp³-hybridized carbons (Fsp3) is 0.250. The number of anilines is 1. The molecule has 0 atom stereocenters. The van der Waals surface area contributed by atoms with Crippen LogP contribution in [-0.4, -0.2) is 19.5 Å². The first-order chi connectivity index (χ1) is 10.2. The summed E-state index contributed by atoms with van der Waals surface area (Å²) in [6, 6.07) is 9.80. The molecule has 3 aromatic rings. The van der Waals surface area contributed by atoms with Crippen LogP contribution in [0.15, 0.2) is 36.5 Å². The molecule has 2 aromatic heterocycles. The number of fused-ring (bicyclic) bond motifs is 1. The molecule has 0 amide bonds. The van der Waals surface area contributed by atoms with E-state index in [9.17, 15) is 0 Å². The van der Waals surface area contributed by atoms with Crippen molar-refractivity contribution in [3.05, 3.63) is 59.2 Å². The molecule has 1 aromatic carbocycles. The number of benzene rings is 1. The van der Waals surface area contributed by atoms with Gasteiger partial charge in [-0.2, -0.15) is 0 Å². The molecule has 0 saturated heterocycles. The number of nitrogens with zero attached hydrogens (tertiary/aromatic N) is 3. The first kappa shape index (κ1) is 13.6. The fourth-order valence-corrected chi connectivity index (χ4v) is 2.49. The number of nitrogens with one attached hydrogen (secondary N) is 1. The van der Waals surface area contributed by atoms with E-state index in [4.69, 9.17) is 5.11 Å². The zero-order valence-electron chi connectivity index (χ0n) is 12.2. The highest BCUT2D eigenvalue weighted by Crippen LogP contribution is 2.14. The van der Waals surface area contributed by atoms with Crippen molar-refractivity contribution in [1.82, 2.24) is 14.4 Å². The molecule has 3 rings (SSSR count). The van der Waals surface area contributed by atoms with Gasteiger partial charge in [0.25, 0.3) is 0 Å². The summed E-state index contributed by atoms with van der Waals surface area (Å²) in [7, 11) is 0. The number of rotatable bonds is 4. The van der Waals surface area contributed by atoms with Crippen LogP contribution >= 0.6 is 0 Å². The summed E-state index contributed by atoms with van der Waals surface area (Å²) in [6.07, 6.45) is 1.84. The Kier molecular flexibility index (Phi) is 3.58. The maximum atomic E-state index is 9.17. The highest BCUT2D eigenvalue weighted by atomic mass is 16.3. The Balaban J connectivity index is 1.85. The molecule has 0 bridgehead atoms. The van der Waals surface area contributed by atoms with Crippen LogP contribution < -0.4 is 5.32 Å². The summed E-state index contributed by atoms with van der Waals surface area (Å²) in [5.74, 6) is 0.730. The lowest BCUT2D eigenvalue weighted by atomic mass is 10.2. The smallest absolute Gasteiger partial charge is 0.234 e. The second-order valence-corrected chi connectivity index (χ2v) is 5.14. The topological polar surface area (TPSA) is 62.5 Å². The summed E-state index contributed by atoms with van der Waals surface area (Å²) in [4.78, 5) is 8.79. The van der Waals surface area contributed by atoms with Gasteiger partial charge >= 0.3 is 0 Å². The third kappa shape index (κ3) is 2.73. The van der Waals surface area contributed by atoms with E-state index in [2.05, 4.69) is 26.6 Å². The summed E-state index contributed by atoms with van der Waals surface area (Å²) in [6.45, 7) is 4.73. The van der Waals surface area contributed by atoms with Crippen LogP contribution in [0.2, 0.25) is 0 Å². The molecule has 108 valence electrons. The van der Waals surface area contributed by atoms with Crippen molar-refractivity contribution in [3.8, 4) is 0 Å². The Morgan fingerprint density at radius 1 is 1.24 bits per heavy atom. The van der Waals surface area contributed by atoms with E-state index < -0.39 is 0 Å². The zero-order chi connectivity index (χ0) is 14.8. The van der Waals surface area contributed by atoms with Crippen LogP contribution in [0.3, 0.4) is 0 Å². The van der Waals surface area contributed by atoms with Crippen molar-refractivity contribution in [2.24, 2.45) is 0 Å². The first-order valence-electron chi connectivity index (χ1n) is 6.91. The maximum Gasteiger partial charge on any atom is 0.234 e.